The van der Waals surface area contributed by atoms with Crippen molar-refractivity contribution in [3.05, 3.63) is 95.0 Å². The van der Waals surface area contributed by atoms with E-state index in [1.54, 1.807) is 17.0 Å². The van der Waals surface area contributed by atoms with Crippen LogP contribution in [-0.2, 0) is 6.54 Å². The van der Waals surface area contributed by atoms with Crippen molar-refractivity contribution in [2.24, 2.45) is 0 Å². The molecule has 6 heteroatoms. The van der Waals surface area contributed by atoms with Crippen molar-refractivity contribution in [2.45, 2.75) is 24.5 Å². The van der Waals surface area contributed by atoms with Crippen molar-refractivity contribution in [1.82, 2.24) is 4.90 Å². The first-order valence-corrected chi connectivity index (χ1v) is 10.9. The van der Waals surface area contributed by atoms with Crippen LogP contribution in [0.15, 0.2) is 78.9 Å². The molecule has 2 N–H and O–H groups in total. The Hall–Kier alpha value is -2.86. The molecular formula is C25H24ClN3O2. The molecule has 0 saturated carbocycles. The standard InChI is InChI=1S/C25H24ClN3O2/c26-19-11-5-6-12-20(19)27-25(31)29-15-22-24(18-10-4-7-13-21(18)29)23(16-30)28(22)14-17-8-2-1-3-9-17/h1-13,22-24,30H,14-16H2,(H,27,31)/t22-,23+,24+/m1/s1. The first kappa shape index (κ1) is 20.1. The lowest BCUT2D eigenvalue weighted by Gasteiger charge is -2.59. The number of anilines is 2. The van der Waals surface area contributed by atoms with Crippen molar-refractivity contribution < 1.29 is 9.90 Å². The highest BCUT2D eigenvalue weighted by atomic mass is 35.5. The van der Waals surface area contributed by atoms with Crippen LogP contribution >= 0.6 is 11.6 Å². The van der Waals surface area contributed by atoms with Gasteiger partial charge in [0.05, 0.1) is 17.3 Å². The van der Waals surface area contributed by atoms with Gasteiger partial charge in [-0.25, -0.2) is 4.79 Å². The minimum atomic E-state index is -0.203. The Kier molecular flexibility index (Phi) is 5.40. The normalized spacial score (nSPS) is 22.3. The maximum atomic E-state index is 13.3. The number of carbonyl (C=O) groups is 1. The van der Waals surface area contributed by atoms with Crippen molar-refractivity contribution >= 4 is 29.0 Å². The number of hydrogen-bond donors (Lipinski definition) is 2. The fourth-order valence-electron chi connectivity index (χ4n) is 4.93. The number of aliphatic hydroxyl groups is 1. The molecule has 31 heavy (non-hydrogen) atoms. The van der Waals surface area contributed by atoms with Crippen LogP contribution in [0.5, 0.6) is 0 Å². The van der Waals surface area contributed by atoms with E-state index in [2.05, 4.69) is 28.4 Å². The summed E-state index contributed by atoms with van der Waals surface area (Å²) in [4.78, 5) is 17.4. The van der Waals surface area contributed by atoms with Crippen molar-refractivity contribution in [3.8, 4) is 0 Å². The summed E-state index contributed by atoms with van der Waals surface area (Å²) < 4.78 is 0. The fraction of sp³-hybridized carbons (Fsp3) is 0.240. The van der Waals surface area contributed by atoms with Crippen LogP contribution in [0.1, 0.15) is 17.0 Å². The molecule has 2 aliphatic rings. The monoisotopic (exact) mass is 433 g/mol. The van der Waals surface area contributed by atoms with Gasteiger partial charge in [-0.1, -0.05) is 72.3 Å². The maximum absolute atomic E-state index is 13.3. The van der Waals surface area contributed by atoms with Crippen LogP contribution in [0.25, 0.3) is 0 Å². The minimum absolute atomic E-state index is 0.0418. The number of amides is 2. The average molecular weight is 434 g/mol. The third-order valence-electron chi connectivity index (χ3n) is 6.39. The van der Waals surface area contributed by atoms with Crippen LogP contribution in [-0.4, -0.2) is 41.3 Å². The molecule has 3 aromatic carbocycles. The summed E-state index contributed by atoms with van der Waals surface area (Å²) in [5.41, 5.74) is 3.80. The lowest BCUT2D eigenvalue weighted by atomic mass is 9.72. The molecule has 1 fully saturated rings. The van der Waals surface area contributed by atoms with E-state index in [9.17, 15) is 9.90 Å². The Morgan fingerprint density at radius 2 is 1.71 bits per heavy atom. The molecule has 0 unspecified atom stereocenters. The van der Waals surface area contributed by atoms with Crippen LogP contribution in [0, 0.1) is 0 Å². The molecule has 0 aliphatic carbocycles. The second kappa shape index (κ2) is 8.35. The lowest BCUT2D eigenvalue weighted by molar-refractivity contribution is -0.0484. The smallest absolute Gasteiger partial charge is 0.326 e. The molecule has 2 amide bonds. The number of likely N-dealkylation sites (tertiary alicyclic amines) is 1. The number of rotatable bonds is 4. The van der Waals surface area contributed by atoms with Crippen LogP contribution in [0.3, 0.4) is 0 Å². The number of benzene rings is 3. The largest absolute Gasteiger partial charge is 0.395 e. The number of urea groups is 1. The highest BCUT2D eigenvalue weighted by molar-refractivity contribution is 6.33. The third-order valence-corrected chi connectivity index (χ3v) is 6.72. The number of nitrogens with one attached hydrogen (secondary N) is 1. The number of nitrogens with zero attached hydrogens (tertiary/aromatic N) is 2. The molecule has 2 aliphatic heterocycles. The van der Waals surface area contributed by atoms with Gasteiger partial charge in [0, 0.05) is 36.8 Å². The predicted molar refractivity (Wildman–Crippen MR) is 124 cm³/mol. The lowest BCUT2D eigenvalue weighted by Crippen LogP contribution is -2.69. The van der Waals surface area contributed by atoms with Gasteiger partial charge >= 0.3 is 6.03 Å². The highest BCUT2D eigenvalue weighted by Gasteiger charge is 2.53. The van der Waals surface area contributed by atoms with Gasteiger partial charge in [0.2, 0.25) is 0 Å². The molecule has 2 heterocycles. The maximum Gasteiger partial charge on any atom is 0.326 e. The van der Waals surface area contributed by atoms with E-state index in [-0.39, 0.29) is 30.6 Å². The third kappa shape index (κ3) is 3.59. The van der Waals surface area contributed by atoms with Gasteiger partial charge in [-0.05, 0) is 29.3 Å². The molecule has 158 valence electrons. The van der Waals surface area contributed by atoms with E-state index in [0.717, 1.165) is 17.8 Å². The van der Waals surface area contributed by atoms with Crippen molar-refractivity contribution in [3.63, 3.8) is 0 Å². The van der Waals surface area contributed by atoms with Gasteiger partial charge in [0.25, 0.3) is 0 Å². The molecule has 0 radical (unpaired) electrons. The first-order valence-electron chi connectivity index (χ1n) is 10.5. The number of halogens is 1. The minimum Gasteiger partial charge on any atom is -0.395 e. The fourth-order valence-corrected chi connectivity index (χ4v) is 5.11. The molecule has 1 saturated heterocycles. The average Bonchev–Trinajstić information content (AvgIpc) is 2.79. The number of hydrogen-bond acceptors (Lipinski definition) is 3. The Morgan fingerprint density at radius 1 is 1.00 bits per heavy atom. The second-order valence-electron chi connectivity index (χ2n) is 8.08. The molecule has 5 nitrogen and oxygen atoms in total. The summed E-state index contributed by atoms with van der Waals surface area (Å²) in [6.45, 7) is 1.39. The summed E-state index contributed by atoms with van der Waals surface area (Å²) in [5.74, 6) is 0.203. The van der Waals surface area contributed by atoms with E-state index in [1.165, 1.54) is 5.56 Å². The summed E-state index contributed by atoms with van der Waals surface area (Å²) in [6, 6.07) is 25.5. The summed E-state index contributed by atoms with van der Waals surface area (Å²) in [5, 5.41) is 13.6. The van der Waals surface area contributed by atoms with Gasteiger partial charge in [-0.3, -0.25) is 9.80 Å². The second-order valence-corrected chi connectivity index (χ2v) is 8.49. The Bertz CT molecular complexity index is 1090. The Labute approximate surface area is 186 Å². The number of fused-ring (bicyclic) bond motifs is 3. The predicted octanol–water partition coefficient (Wildman–Crippen LogP) is 4.72. The van der Waals surface area contributed by atoms with Crippen molar-refractivity contribution in [2.75, 3.05) is 23.4 Å². The van der Waals surface area contributed by atoms with Gasteiger partial charge in [0.15, 0.2) is 0 Å². The molecule has 0 spiro atoms. The first-order chi connectivity index (χ1) is 15.2. The highest BCUT2D eigenvalue weighted by Crippen LogP contribution is 2.48. The van der Waals surface area contributed by atoms with Gasteiger partial charge in [-0.15, -0.1) is 0 Å². The van der Waals surface area contributed by atoms with E-state index in [1.807, 2.05) is 48.5 Å². The zero-order chi connectivity index (χ0) is 21.4. The van der Waals surface area contributed by atoms with Crippen LogP contribution in [0.4, 0.5) is 16.2 Å². The topological polar surface area (TPSA) is 55.8 Å². The van der Waals surface area contributed by atoms with Crippen LogP contribution < -0.4 is 10.2 Å². The van der Waals surface area contributed by atoms with E-state index in [0.29, 0.717) is 17.3 Å². The number of para-hydroxylation sites is 2. The molecule has 0 aromatic heterocycles. The molecule has 3 atom stereocenters. The molecule has 5 rings (SSSR count). The zero-order valence-corrected chi connectivity index (χ0v) is 17.7. The summed E-state index contributed by atoms with van der Waals surface area (Å²) >= 11 is 6.25. The SMILES string of the molecule is O=C(Nc1ccccc1Cl)N1C[C@@H]2[C@H](c3ccccc31)[C@H](CO)N2Cc1ccccc1. The molecule has 0 bridgehead atoms. The Morgan fingerprint density at radius 3 is 2.48 bits per heavy atom. The number of aliphatic hydroxyl groups excluding tert-OH is 1. The van der Waals surface area contributed by atoms with E-state index >= 15 is 0 Å². The molecular weight excluding hydrogens is 410 g/mol. The van der Waals surface area contributed by atoms with Crippen molar-refractivity contribution in [1.29, 1.82) is 0 Å². The van der Waals surface area contributed by atoms with Crippen LogP contribution in [0.2, 0.25) is 5.02 Å². The van der Waals surface area contributed by atoms with Gasteiger partial charge in [0.1, 0.15) is 0 Å². The number of carbonyl (C=O) groups excluding carboxylic acids is 1. The quantitative estimate of drug-likeness (QED) is 0.625. The van der Waals surface area contributed by atoms with Gasteiger partial charge < -0.3 is 10.4 Å². The molecule has 3 aromatic rings. The zero-order valence-electron chi connectivity index (χ0n) is 17.0. The summed E-state index contributed by atoms with van der Waals surface area (Å²) in [7, 11) is 0. The summed E-state index contributed by atoms with van der Waals surface area (Å²) in [6.07, 6.45) is 0. The van der Waals surface area contributed by atoms with Gasteiger partial charge in [-0.2, -0.15) is 0 Å². The van der Waals surface area contributed by atoms with E-state index in [4.69, 9.17) is 11.6 Å². The Balaban J connectivity index is 1.45. The van der Waals surface area contributed by atoms with E-state index < -0.39 is 0 Å².